The molecule has 0 fully saturated rings. The van der Waals surface area contributed by atoms with E-state index in [1.807, 2.05) is 0 Å². The molecule has 7 nitrogen and oxygen atoms in total. The summed E-state index contributed by atoms with van der Waals surface area (Å²) in [6.07, 6.45) is 0. The second-order valence-corrected chi connectivity index (χ2v) is 6.77. The normalized spacial score (nSPS) is 10.5. The van der Waals surface area contributed by atoms with E-state index in [2.05, 4.69) is 0 Å². The summed E-state index contributed by atoms with van der Waals surface area (Å²) in [6.45, 7) is 0. The highest BCUT2D eigenvalue weighted by molar-refractivity contribution is 5.91. The van der Waals surface area contributed by atoms with Gasteiger partial charge in [0.2, 0.25) is 0 Å². The average Bonchev–Trinajstić information content (AvgIpc) is 2.83. The third-order valence-corrected chi connectivity index (χ3v) is 4.72. The summed E-state index contributed by atoms with van der Waals surface area (Å²) in [5.74, 6) is -0.208. The molecule has 0 saturated carbocycles. The van der Waals surface area contributed by atoms with E-state index in [1.165, 1.54) is 12.1 Å². The number of phenols is 1. The van der Waals surface area contributed by atoms with E-state index >= 15 is 0 Å². The maximum Gasteiger partial charge on any atom is 0.122 e. The van der Waals surface area contributed by atoms with Gasteiger partial charge in [-0.05, 0) is 36.4 Å². The lowest BCUT2D eigenvalue weighted by Gasteiger charge is -2.30. The first-order valence-electron chi connectivity index (χ1n) is 9.55. The van der Waals surface area contributed by atoms with Crippen molar-refractivity contribution in [2.75, 3.05) is 15.2 Å². The monoisotopic (exact) mass is 415 g/mol. The van der Waals surface area contributed by atoms with Crippen molar-refractivity contribution in [2.24, 2.45) is 0 Å². The summed E-state index contributed by atoms with van der Waals surface area (Å²) in [5, 5.41) is 45.9. The Bertz CT molecular complexity index is 1070. The lowest BCUT2D eigenvalue weighted by atomic mass is 10.1. The van der Waals surface area contributed by atoms with E-state index in [0.29, 0.717) is 17.1 Å². The molecule has 0 heterocycles. The Morgan fingerprint density at radius 1 is 0.452 bits per heavy atom. The molecule has 4 aromatic rings. The quantitative estimate of drug-likeness (QED) is 0.288. The second-order valence-electron chi connectivity index (χ2n) is 6.77. The van der Waals surface area contributed by atoms with Crippen LogP contribution < -0.4 is 15.2 Å². The molecule has 0 aromatic heterocycles. The van der Waals surface area contributed by atoms with Crippen LogP contribution in [0.3, 0.4) is 0 Å². The number of phenolic OH excluding ortho intramolecular Hbond substituents is 1. The Morgan fingerprint density at radius 2 is 0.774 bits per heavy atom. The summed E-state index contributed by atoms with van der Waals surface area (Å²) < 4.78 is 0. The first kappa shape index (κ1) is 20.2. The van der Waals surface area contributed by atoms with E-state index in [0.717, 1.165) is 15.2 Å². The van der Waals surface area contributed by atoms with Gasteiger partial charge in [0.15, 0.2) is 0 Å². The highest BCUT2D eigenvalue weighted by atomic mass is 16.5. The maximum absolute atomic E-state index is 11.1. The van der Waals surface area contributed by atoms with Crippen molar-refractivity contribution in [3.63, 3.8) is 0 Å². The van der Waals surface area contributed by atoms with Crippen LogP contribution in [0.4, 0.5) is 34.1 Å². The van der Waals surface area contributed by atoms with Gasteiger partial charge in [0.1, 0.15) is 22.8 Å². The minimum atomic E-state index is -0.208. The molecule has 0 amide bonds. The number of rotatable bonds is 6. The Hall–Kier alpha value is -4.04. The number of nitrogens with zero attached hydrogens (tertiary/aromatic N) is 3. The fourth-order valence-electron chi connectivity index (χ4n) is 3.24. The Morgan fingerprint density at radius 3 is 1.13 bits per heavy atom. The predicted octanol–water partition coefficient (Wildman–Crippen LogP) is 5.97. The lowest BCUT2D eigenvalue weighted by molar-refractivity contribution is 0.279. The number of aromatic hydroxyl groups is 1. The van der Waals surface area contributed by atoms with Crippen LogP contribution in [-0.4, -0.2) is 20.7 Å². The second kappa shape index (κ2) is 8.76. The van der Waals surface area contributed by atoms with Crippen molar-refractivity contribution in [1.29, 1.82) is 0 Å². The van der Waals surface area contributed by atoms with Crippen LogP contribution in [0.15, 0.2) is 103 Å². The summed E-state index contributed by atoms with van der Waals surface area (Å²) >= 11 is 0. The van der Waals surface area contributed by atoms with Crippen LogP contribution in [0, 0.1) is 0 Å². The number of anilines is 6. The molecule has 4 rings (SSSR count). The third-order valence-electron chi connectivity index (χ3n) is 4.72. The number of hydrogen-bond acceptors (Lipinski definition) is 7. The van der Waals surface area contributed by atoms with Crippen LogP contribution in [0.5, 0.6) is 5.75 Å². The molecule has 0 radical (unpaired) electrons. The maximum atomic E-state index is 11.1. The fourth-order valence-corrected chi connectivity index (χ4v) is 3.24. The summed E-state index contributed by atoms with van der Waals surface area (Å²) in [6, 6.07) is 28.6. The molecule has 0 aliphatic carbocycles. The fraction of sp³-hybridized carbons (Fsp3) is 0. The zero-order valence-electron chi connectivity index (χ0n) is 16.4. The Kier molecular flexibility index (Phi) is 5.72. The van der Waals surface area contributed by atoms with Gasteiger partial charge in [-0.2, -0.15) is 0 Å². The number of benzene rings is 4. The van der Waals surface area contributed by atoms with Crippen LogP contribution in [-0.2, 0) is 0 Å². The van der Waals surface area contributed by atoms with Crippen molar-refractivity contribution in [1.82, 2.24) is 0 Å². The highest BCUT2D eigenvalue weighted by Gasteiger charge is 2.25. The van der Waals surface area contributed by atoms with Crippen molar-refractivity contribution >= 4 is 34.1 Å². The Balaban J connectivity index is 1.93. The first-order chi connectivity index (χ1) is 15.1. The molecule has 4 N–H and O–H groups in total. The van der Waals surface area contributed by atoms with Crippen LogP contribution in [0.1, 0.15) is 0 Å². The molecule has 0 aliphatic heterocycles. The van der Waals surface area contributed by atoms with E-state index in [9.17, 15) is 20.7 Å². The van der Waals surface area contributed by atoms with Gasteiger partial charge in [-0.25, -0.2) is 15.2 Å². The van der Waals surface area contributed by atoms with Gasteiger partial charge in [0.05, 0.1) is 17.1 Å². The zero-order valence-corrected chi connectivity index (χ0v) is 16.4. The van der Waals surface area contributed by atoms with Gasteiger partial charge < -0.3 is 5.11 Å². The molecule has 7 heteroatoms. The summed E-state index contributed by atoms with van der Waals surface area (Å²) in [5.41, 5.74) is 1.39. The molecule has 31 heavy (non-hydrogen) atoms. The predicted molar refractivity (Wildman–Crippen MR) is 119 cm³/mol. The van der Waals surface area contributed by atoms with Gasteiger partial charge in [-0.1, -0.05) is 54.6 Å². The van der Waals surface area contributed by atoms with Gasteiger partial charge in [-0.15, -0.1) is 0 Å². The minimum Gasteiger partial charge on any atom is -0.508 e. The first-order valence-corrected chi connectivity index (χ1v) is 9.55. The molecule has 0 atom stereocenters. The molecule has 156 valence electrons. The molecule has 0 saturated heterocycles. The standard InChI is InChI=1S/C24H21N3O4/c28-21-16-22(25(29)18-10-4-1-5-11-18)24(27(31)20-14-8-3-9-15-20)23(17-21)26(30)19-12-6-2-7-13-19/h1-17,28-31H. The lowest BCUT2D eigenvalue weighted by Crippen LogP contribution is -2.22. The molecular formula is C24H21N3O4. The smallest absolute Gasteiger partial charge is 0.122 e. The zero-order chi connectivity index (χ0) is 21.8. The van der Waals surface area contributed by atoms with E-state index < -0.39 is 0 Å². The van der Waals surface area contributed by atoms with E-state index in [4.69, 9.17) is 0 Å². The molecule has 4 aromatic carbocycles. The topological polar surface area (TPSA) is 90.6 Å². The highest BCUT2D eigenvalue weighted by Crippen LogP contribution is 2.46. The van der Waals surface area contributed by atoms with E-state index in [1.54, 1.807) is 91.0 Å². The van der Waals surface area contributed by atoms with Gasteiger partial charge in [0, 0.05) is 12.1 Å². The summed E-state index contributed by atoms with van der Waals surface area (Å²) in [7, 11) is 0. The van der Waals surface area contributed by atoms with Gasteiger partial charge >= 0.3 is 0 Å². The van der Waals surface area contributed by atoms with Crippen molar-refractivity contribution < 1.29 is 20.7 Å². The average molecular weight is 415 g/mol. The van der Waals surface area contributed by atoms with Crippen molar-refractivity contribution in [2.45, 2.75) is 0 Å². The SMILES string of the molecule is Oc1cc(N(O)c2ccccc2)c(N(O)c2ccccc2)c(N(O)c2ccccc2)c1. The van der Waals surface area contributed by atoms with Crippen LogP contribution in [0.2, 0.25) is 0 Å². The van der Waals surface area contributed by atoms with Crippen molar-refractivity contribution in [3.05, 3.63) is 103 Å². The number of hydrogen-bond donors (Lipinski definition) is 4. The number of para-hydroxylation sites is 3. The van der Waals surface area contributed by atoms with Crippen LogP contribution in [0.25, 0.3) is 0 Å². The van der Waals surface area contributed by atoms with Crippen LogP contribution >= 0.6 is 0 Å². The minimum absolute atomic E-state index is 0.0571. The molecule has 0 spiro atoms. The van der Waals surface area contributed by atoms with Gasteiger partial charge in [0.25, 0.3) is 0 Å². The van der Waals surface area contributed by atoms with E-state index in [-0.39, 0.29) is 22.8 Å². The summed E-state index contributed by atoms with van der Waals surface area (Å²) in [4.78, 5) is 0. The third kappa shape index (κ3) is 4.15. The molecule has 0 bridgehead atoms. The molecule has 0 unspecified atom stereocenters. The molecular weight excluding hydrogens is 394 g/mol. The molecule has 0 aliphatic rings. The largest absolute Gasteiger partial charge is 0.508 e. The Labute approximate surface area is 179 Å². The van der Waals surface area contributed by atoms with Gasteiger partial charge in [-0.3, -0.25) is 15.6 Å². The van der Waals surface area contributed by atoms with Crippen molar-refractivity contribution in [3.8, 4) is 5.75 Å².